The van der Waals surface area contributed by atoms with E-state index in [0.29, 0.717) is 6.04 Å². The Morgan fingerprint density at radius 3 is 2.56 bits per heavy atom. The van der Waals surface area contributed by atoms with Crippen LogP contribution in [0, 0.1) is 0 Å². The van der Waals surface area contributed by atoms with Crippen molar-refractivity contribution in [3.05, 3.63) is 23.9 Å². The number of hydrogen-bond acceptors (Lipinski definition) is 3. The van der Waals surface area contributed by atoms with Crippen molar-refractivity contribution in [1.82, 2.24) is 10.3 Å². The maximum absolute atomic E-state index is 4.64. The Labute approximate surface area is 98.9 Å². The number of nitrogens with zero attached hydrogens (tertiary/aromatic N) is 2. The first-order chi connectivity index (χ1) is 7.72. The highest BCUT2D eigenvalue weighted by molar-refractivity contribution is 5.39. The standard InChI is InChI=1S/C13H23N3/c1-5-12(6-2)16(4)13-9-7-8-11(15-13)10-14-3/h7-9,12,14H,5-6,10H2,1-4H3. The van der Waals surface area contributed by atoms with Crippen molar-refractivity contribution in [3.63, 3.8) is 0 Å². The molecule has 0 aromatic carbocycles. The van der Waals surface area contributed by atoms with Crippen LogP contribution in [0.15, 0.2) is 18.2 Å². The lowest BCUT2D eigenvalue weighted by molar-refractivity contribution is 0.585. The summed E-state index contributed by atoms with van der Waals surface area (Å²) < 4.78 is 0. The smallest absolute Gasteiger partial charge is 0.128 e. The van der Waals surface area contributed by atoms with E-state index in [1.165, 1.54) is 0 Å². The fourth-order valence-corrected chi connectivity index (χ4v) is 1.97. The van der Waals surface area contributed by atoms with E-state index in [0.717, 1.165) is 30.9 Å². The fourth-order valence-electron chi connectivity index (χ4n) is 1.97. The van der Waals surface area contributed by atoms with Gasteiger partial charge in [0.05, 0.1) is 5.69 Å². The van der Waals surface area contributed by atoms with Gasteiger partial charge in [0.15, 0.2) is 0 Å². The molecule has 0 saturated carbocycles. The van der Waals surface area contributed by atoms with Crippen molar-refractivity contribution in [3.8, 4) is 0 Å². The maximum Gasteiger partial charge on any atom is 0.128 e. The van der Waals surface area contributed by atoms with E-state index in [1.54, 1.807) is 0 Å². The Morgan fingerprint density at radius 1 is 1.31 bits per heavy atom. The minimum Gasteiger partial charge on any atom is -0.357 e. The first-order valence-electron chi connectivity index (χ1n) is 6.06. The SMILES string of the molecule is CCC(CC)N(C)c1cccc(CNC)n1. The number of rotatable bonds is 6. The van der Waals surface area contributed by atoms with Crippen molar-refractivity contribution in [1.29, 1.82) is 0 Å². The summed E-state index contributed by atoms with van der Waals surface area (Å²) in [6, 6.07) is 6.80. The van der Waals surface area contributed by atoms with E-state index in [2.05, 4.69) is 54.3 Å². The summed E-state index contributed by atoms with van der Waals surface area (Å²) in [5, 5.41) is 3.13. The number of nitrogens with one attached hydrogen (secondary N) is 1. The van der Waals surface area contributed by atoms with Gasteiger partial charge in [-0.1, -0.05) is 19.9 Å². The van der Waals surface area contributed by atoms with Crippen LogP contribution in [0.5, 0.6) is 0 Å². The third kappa shape index (κ3) is 3.20. The molecule has 16 heavy (non-hydrogen) atoms. The largest absolute Gasteiger partial charge is 0.357 e. The van der Waals surface area contributed by atoms with Crippen LogP contribution < -0.4 is 10.2 Å². The summed E-state index contributed by atoms with van der Waals surface area (Å²) in [4.78, 5) is 6.92. The molecule has 0 unspecified atom stereocenters. The topological polar surface area (TPSA) is 28.2 Å². The predicted molar refractivity (Wildman–Crippen MR) is 69.8 cm³/mol. The Hall–Kier alpha value is -1.09. The molecule has 0 aliphatic rings. The lowest BCUT2D eigenvalue weighted by Crippen LogP contribution is -2.31. The number of pyridine rings is 1. The molecule has 90 valence electrons. The van der Waals surface area contributed by atoms with Gasteiger partial charge in [-0.2, -0.15) is 0 Å². The van der Waals surface area contributed by atoms with Crippen molar-refractivity contribution < 1.29 is 0 Å². The summed E-state index contributed by atoms with van der Waals surface area (Å²) in [6.07, 6.45) is 2.32. The van der Waals surface area contributed by atoms with E-state index >= 15 is 0 Å². The summed E-state index contributed by atoms with van der Waals surface area (Å²) in [5.41, 5.74) is 1.10. The average molecular weight is 221 g/mol. The monoisotopic (exact) mass is 221 g/mol. The van der Waals surface area contributed by atoms with Gasteiger partial charge < -0.3 is 10.2 Å². The highest BCUT2D eigenvalue weighted by atomic mass is 15.2. The molecule has 3 heteroatoms. The van der Waals surface area contributed by atoms with Gasteiger partial charge in [0.25, 0.3) is 0 Å². The zero-order valence-corrected chi connectivity index (χ0v) is 10.8. The molecule has 0 radical (unpaired) electrons. The van der Waals surface area contributed by atoms with Crippen molar-refractivity contribution in [2.24, 2.45) is 0 Å². The van der Waals surface area contributed by atoms with Gasteiger partial charge in [-0.25, -0.2) is 4.98 Å². The van der Waals surface area contributed by atoms with Crippen molar-refractivity contribution in [2.75, 3.05) is 19.0 Å². The first-order valence-corrected chi connectivity index (χ1v) is 6.06. The molecular formula is C13H23N3. The van der Waals surface area contributed by atoms with Crippen LogP contribution in [0.25, 0.3) is 0 Å². The molecule has 0 atom stereocenters. The van der Waals surface area contributed by atoms with E-state index in [-0.39, 0.29) is 0 Å². The minimum absolute atomic E-state index is 0.581. The number of hydrogen-bond donors (Lipinski definition) is 1. The lowest BCUT2D eigenvalue weighted by Gasteiger charge is -2.27. The van der Waals surface area contributed by atoms with Crippen molar-refractivity contribution in [2.45, 2.75) is 39.3 Å². The Balaban J connectivity index is 2.81. The number of anilines is 1. The second-order valence-electron chi connectivity index (χ2n) is 4.10. The molecule has 1 N–H and O–H groups in total. The predicted octanol–water partition coefficient (Wildman–Crippen LogP) is 2.43. The normalized spacial score (nSPS) is 10.8. The molecule has 1 aromatic heterocycles. The van der Waals surface area contributed by atoms with Crippen molar-refractivity contribution >= 4 is 5.82 Å². The van der Waals surface area contributed by atoms with E-state index in [4.69, 9.17) is 0 Å². The second kappa shape index (κ2) is 6.48. The summed E-state index contributed by atoms with van der Waals surface area (Å²) >= 11 is 0. The zero-order chi connectivity index (χ0) is 12.0. The Morgan fingerprint density at radius 2 is 2.00 bits per heavy atom. The highest BCUT2D eigenvalue weighted by Crippen LogP contribution is 2.16. The molecule has 0 spiro atoms. The molecular weight excluding hydrogens is 198 g/mol. The van der Waals surface area contributed by atoms with Gasteiger partial charge in [0.1, 0.15) is 5.82 Å². The van der Waals surface area contributed by atoms with Crippen LogP contribution in [0.4, 0.5) is 5.82 Å². The molecule has 0 bridgehead atoms. The molecule has 0 aliphatic heterocycles. The van der Waals surface area contributed by atoms with E-state index in [1.807, 2.05) is 7.05 Å². The molecule has 0 saturated heterocycles. The third-order valence-corrected chi connectivity index (χ3v) is 3.00. The van der Waals surface area contributed by atoms with Gasteiger partial charge >= 0.3 is 0 Å². The van der Waals surface area contributed by atoms with Gasteiger partial charge in [-0.3, -0.25) is 0 Å². The molecule has 0 aliphatic carbocycles. The average Bonchev–Trinajstić information content (AvgIpc) is 2.31. The van der Waals surface area contributed by atoms with Gasteiger partial charge in [-0.15, -0.1) is 0 Å². The second-order valence-corrected chi connectivity index (χ2v) is 4.10. The number of aromatic nitrogens is 1. The summed E-state index contributed by atoms with van der Waals surface area (Å²) in [5.74, 6) is 1.07. The highest BCUT2D eigenvalue weighted by Gasteiger charge is 2.12. The maximum atomic E-state index is 4.64. The molecule has 3 nitrogen and oxygen atoms in total. The van der Waals surface area contributed by atoms with Crippen LogP contribution in [-0.4, -0.2) is 25.1 Å². The summed E-state index contributed by atoms with van der Waals surface area (Å²) in [6.45, 7) is 5.27. The van der Waals surface area contributed by atoms with Crippen LogP contribution in [0.1, 0.15) is 32.4 Å². The van der Waals surface area contributed by atoms with Crippen LogP contribution in [0.2, 0.25) is 0 Å². The Kier molecular flexibility index (Phi) is 5.26. The van der Waals surface area contributed by atoms with Crippen LogP contribution >= 0.6 is 0 Å². The first kappa shape index (κ1) is 13.0. The van der Waals surface area contributed by atoms with Crippen LogP contribution in [0.3, 0.4) is 0 Å². The van der Waals surface area contributed by atoms with Crippen LogP contribution in [-0.2, 0) is 6.54 Å². The molecule has 1 rings (SSSR count). The minimum atomic E-state index is 0.581. The van der Waals surface area contributed by atoms with E-state index in [9.17, 15) is 0 Å². The molecule has 0 fully saturated rings. The van der Waals surface area contributed by atoms with Gasteiger partial charge in [0, 0.05) is 19.6 Å². The van der Waals surface area contributed by atoms with Gasteiger partial charge in [-0.05, 0) is 32.0 Å². The zero-order valence-electron chi connectivity index (χ0n) is 10.8. The molecule has 1 heterocycles. The Bertz CT molecular complexity index is 308. The fraction of sp³-hybridized carbons (Fsp3) is 0.615. The lowest BCUT2D eigenvalue weighted by atomic mass is 10.1. The molecule has 0 amide bonds. The van der Waals surface area contributed by atoms with Gasteiger partial charge in [0.2, 0.25) is 0 Å². The quantitative estimate of drug-likeness (QED) is 0.799. The van der Waals surface area contributed by atoms with E-state index < -0.39 is 0 Å². The third-order valence-electron chi connectivity index (χ3n) is 3.00. The summed E-state index contributed by atoms with van der Waals surface area (Å²) in [7, 11) is 4.07. The molecule has 1 aromatic rings.